The van der Waals surface area contributed by atoms with Crippen molar-refractivity contribution in [3.63, 3.8) is 0 Å². The van der Waals surface area contributed by atoms with Gasteiger partial charge in [0.1, 0.15) is 0 Å². The SMILES string of the molecule is O=C(C#Cc1ccc(-c2cccs2)s1)NCCO. The molecule has 2 heterocycles. The number of carbonyl (C=O) groups excluding carboxylic acids is 1. The van der Waals surface area contributed by atoms with Gasteiger partial charge in [0.05, 0.1) is 11.5 Å². The van der Waals surface area contributed by atoms with E-state index < -0.39 is 0 Å². The van der Waals surface area contributed by atoms with Crippen molar-refractivity contribution in [1.29, 1.82) is 0 Å². The van der Waals surface area contributed by atoms with E-state index in [4.69, 9.17) is 5.11 Å². The van der Waals surface area contributed by atoms with Crippen LogP contribution in [-0.4, -0.2) is 24.2 Å². The summed E-state index contributed by atoms with van der Waals surface area (Å²) in [5.74, 6) is 4.94. The number of hydrogen-bond acceptors (Lipinski definition) is 4. The van der Waals surface area contributed by atoms with E-state index >= 15 is 0 Å². The average molecular weight is 277 g/mol. The van der Waals surface area contributed by atoms with Gasteiger partial charge in [0, 0.05) is 22.2 Å². The van der Waals surface area contributed by atoms with Gasteiger partial charge >= 0.3 is 0 Å². The highest BCUT2D eigenvalue weighted by Crippen LogP contribution is 2.30. The molecule has 0 fully saturated rings. The Bertz CT molecular complexity index is 576. The topological polar surface area (TPSA) is 49.3 Å². The second-order valence-corrected chi connectivity index (χ2v) is 5.40. The molecule has 2 N–H and O–H groups in total. The first-order chi connectivity index (χ1) is 8.79. The molecule has 3 nitrogen and oxygen atoms in total. The second-order valence-electron chi connectivity index (χ2n) is 3.37. The van der Waals surface area contributed by atoms with Crippen molar-refractivity contribution in [2.24, 2.45) is 0 Å². The molecule has 0 spiro atoms. The predicted molar refractivity (Wildman–Crippen MR) is 74.6 cm³/mol. The Kier molecular flexibility index (Phi) is 4.53. The quantitative estimate of drug-likeness (QED) is 0.842. The Hall–Kier alpha value is -1.61. The fraction of sp³-hybridized carbons (Fsp3) is 0.154. The minimum Gasteiger partial charge on any atom is -0.395 e. The van der Waals surface area contributed by atoms with Crippen LogP contribution in [0.1, 0.15) is 4.88 Å². The summed E-state index contributed by atoms with van der Waals surface area (Å²) < 4.78 is 0. The Balaban J connectivity index is 2.03. The van der Waals surface area contributed by atoms with E-state index in [1.807, 2.05) is 23.6 Å². The summed E-state index contributed by atoms with van der Waals surface area (Å²) in [6.45, 7) is 0.160. The number of carbonyl (C=O) groups is 1. The van der Waals surface area contributed by atoms with Crippen molar-refractivity contribution >= 4 is 28.6 Å². The standard InChI is InChI=1S/C13H11NO2S2/c15-8-7-14-13(16)6-4-10-3-5-12(18-10)11-2-1-9-17-11/h1-3,5,9,15H,7-8H2,(H,14,16). The average Bonchev–Trinajstić information content (AvgIpc) is 3.03. The van der Waals surface area contributed by atoms with Crippen LogP contribution in [-0.2, 0) is 4.79 Å². The van der Waals surface area contributed by atoms with E-state index in [0.29, 0.717) is 0 Å². The highest BCUT2D eigenvalue weighted by atomic mass is 32.1. The lowest BCUT2D eigenvalue weighted by Crippen LogP contribution is -2.24. The third-order valence-electron chi connectivity index (χ3n) is 2.07. The lowest BCUT2D eigenvalue weighted by molar-refractivity contribution is -0.115. The minimum absolute atomic E-state index is 0.0745. The molecule has 5 heteroatoms. The van der Waals surface area contributed by atoms with E-state index in [2.05, 4.69) is 23.2 Å². The molecular formula is C13H11NO2S2. The molecular weight excluding hydrogens is 266 g/mol. The third-order valence-corrected chi connectivity index (χ3v) is 4.13. The van der Waals surface area contributed by atoms with Gasteiger partial charge in [-0.3, -0.25) is 4.79 Å². The van der Waals surface area contributed by atoms with Gasteiger partial charge in [-0.1, -0.05) is 6.07 Å². The molecule has 0 aliphatic rings. The van der Waals surface area contributed by atoms with Gasteiger partial charge in [0.2, 0.25) is 0 Å². The van der Waals surface area contributed by atoms with Crippen molar-refractivity contribution in [3.8, 4) is 21.6 Å². The summed E-state index contributed by atoms with van der Waals surface area (Å²) in [6.07, 6.45) is 0. The van der Waals surface area contributed by atoms with Crippen molar-refractivity contribution < 1.29 is 9.90 Å². The monoisotopic (exact) mass is 277 g/mol. The molecule has 2 rings (SSSR count). The normalized spacial score (nSPS) is 9.61. The van der Waals surface area contributed by atoms with Crippen LogP contribution >= 0.6 is 22.7 Å². The molecule has 0 saturated carbocycles. The van der Waals surface area contributed by atoms with Gasteiger partial charge in [-0.05, 0) is 29.5 Å². The van der Waals surface area contributed by atoms with Crippen LogP contribution < -0.4 is 5.32 Å². The molecule has 18 heavy (non-hydrogen) atoms. The van der Waals surface area contributed by atoms with Crippen LogP contribution in [0.5, 0.6) is 0 Å². The van der Waals surface area contributed by atoms with Crippen LogP contribution in [0.2, 0.25) is 0 Å². The largest absolute Gasteiger partial charge is 0.395 e. The van der Waals surface area contributed by atoms with E-state index in [1.54, 1.807) is 22.7 Å². The Morgan fingerprint density at radius 2 is 2.22 bits per heavy atom. The number of aliphatic hydroxyl groups excluding tert-OH is 1. The molecule has 2 aromatic heterocycles. The third kappa shape index (κ3) is 3.44. The zero-order chi connectivity index (χ0) is 12.8. The molecule has 1 amide bonds. The number of amides is 1. The number of aliphatic hydroxyl groups is 1. The fourth-order valence-corrected chi connectivity index (χ4v) is 2.98. The van der Waals surface area contributed by atoms with Crippen LogP contribution in [0, 0.1) is 11.8 Å². The van der Waals surface area contributed by atoms with Crippen molar-refractivity contribution in [3.05, 3.63) is 34.5 Å². The van der Waals surface area contributed by atoms with Gasteiger partial charge in [-0.15, -0.1) is 22.7 Å². The maximum absolute atomic E-state index is 11.2. The first-order valence-corrected chi connectivity index (χ1v) is 7.03. The second kappa shape index (κ2) is 6.36. The Morgan fingerprint density at radius 1 is 1.33 bits per heavy atom. The lowest BCUT2D eigenvalue weighted by Gasteiger charge is -1.93. The number of hydrogen-bond donors (Lipinski definition) is 2. The molecule has 92 valence electrons. The first kappa shape index (κ1) is 12.8. The Labute approximate surface area is 113 Å². The van der Waals surface area contributed by atoms with Crippen molar-refractivity contribution in [2.75, 3.05) is 13.2 Å². The number of rotatable bonds is 3. The summed E-state index contributed by atoms with van der Waals surface area (Å²) in [6, 6.07) is 7.98. The fourth-order valence-electron chi connectivity index (χ4n) is 1.29. The van der Waals surface area contributed by atoms with Gasteiger partial charge in [0.15, 0.2) is 0 Å². The molecule has 0 unspecified atom stereocenters. The highest BCUT2D eigenvalue weighted by molar-refractivity contribution is 7.21. The van der Waals surface area contributed by atoms with Crippen LogP contribution in [0.25, 0.3) is 9.75 Å². The summed E-state index contributed by atoms with van der Waals surface area (Å²) in [7, 11) is 0. The summed E-state index contributed by atoms with van der Waals surface area (Å²) in [5, 5.41) is 13.1. The first-order valence-electron chi connectivity index (χ1n) is 5.34. The smallest absolute Gasteiger partial charge is 0.296 e. The lowest BCUT2D eigenvalue weighted by atomic mass is 10.3. The molecule has 0 aliphatic carbocycles. The molecule has 2 aromatic rings. The summed E-state index contributed by atoms with van der Waals surface area (Å²) >= 11 is 3.24. The van der Waals surface area contributed by atoms with Gasteiger partial charge in [0.25, 0.3) is 5.91 Å². The minimum atomic E-state index is -0.366. The maximum atomic E-state index is 11.2. The number of thiophene rings is 2. The van der Waals surface area contributed by atoms with Crippen molar-refractivity contribution in [1.82, 2.24) is 5.32 Å². The number of nitrogens with one attached hydrogen (secondary N) is 1. The predicted octanol–water partition coefficient (Wildman–Crippen LogP) is 1.94. The van der Waals surface area contributed by atoms with E-state index in [9.17, 15) is 4.79 Å². The van der Waals surface area contributed by atoms with Crippen LogP contribution in [0.3, 0.4) is 0 Å². The highest BCUT2D eigenvalue weighted by Gasteiger charge is 2.02. The molecule has 0 aliphatic heterocycles. The zero-order valence-corrected chi connectivity index (χ0v) is 11.1. The molecule has 0 aromatic carbocycles. The van der Waals surface area contributed by atoms with Crippen LogP contribution in [0.4, 0.5) is 0 Å². The summed E-state index contributed by atoms with van der Waals surface area (Å²) in [4.78, 5) is 14.4. The van der Waals surface area contributed by atoms with Crippen LogP contribution in [0.15, 0.2) is 29.6 Å². The van der Waals surface area contributed by atoms with Gasteiger partial charge < -0.3 is 10.4 Å². The molecule has 0 radical (unpaired) electrons. The van der Waals surface area contributed by atoms with Gasteiger partial charge in [-0.25, -0.2) is 0 Å². The summed E-state index contributed by atoms with van der Waals surface area (Å²) in [5.41, 5.74) is 0. The van der Waals surface area contributed by atoms with Crippen molar-refractivity contribution in [2.45, 2.75) is 0 Å². The van der Waals surface area contributed by atoms with E-state index in [1.165, 1.54) is 4.88 Å². The van der Waals surface area contributed by atoms with E-state index in [0.717, 1.165) is 9.75 Å². The maximum Gasteiger partial charge on any atom is 0.296 e. The molecule has 0 saturated heterocycles. The molecule has 0 bridgehead atoms. The van der Waals surface area contributed by atoms with Gasteiger partial charge in [-0.2, -0.15) is 0 Å². The Morgan fingerprint density at radius 3 is 2.94 bits per heavy atom. The van der Waals surface area contributed by atoms with E-state index in [-0.39, 0.29) is 19.1 Å². The molecule has 0 atom stereocenters. The zero-order valence-electron chi connectivity index (χ0n) is 9.47.